The van der Waals surface area contributed by atoms with Crippen molar-refractivity contribution in [1.82, 2.24) is 20.1 Å². The van der Waals surface area contributed by atoms with E-state index in [1.165, 1.54) is 31.2 Å². The van der Waals surface area contributed by atoms with Gasteiger partial charge >= 0.3 is 0 Å². The first-order valence-electron chi connectivity index (χ1n) is 13.3. The van der Waals surface area contributed by atoms with Crippen LogP contribution in [0.5, 0.6) is 0 Å². The van der Waals surface area contributed by atoms with Crippen LogP contribution in [0.15, 0.2) is 29.4 Å². The molecule has 2 saturated carbocycles. The van der Waals surface area contributed by atoms with Gasteiger partial charge in [-0.25, -0.2) is 0 Å². The average Bonchev–Trinajstić information content (AvgIpc) is 3.65. The van der Waals surface area contributed by atoms with Gasteiger partial charge in [-0.3, -0.25) is 9.59 Å². The molecular formula is C27H37N5O2S. The van der Waals surface area contributed by atoms with E-state index in [1.807, 2.05) is 23.1 Å². The number of aromatic nitrogens is 3. The zero-order chi connectivity index (χ0) is 24.2. The minimum Gasteiger partial charge on any atom is -0.356 e. The molecule has 188 valence electrons. The highest BCUT2D eigenvalue weighted by Crippen LogP contribution is 2.36. The van der Waals surface area contributed by atoms with Crippen molar-refractivity contribution in [3.8, 4) is 0 Å². The maximum Gasteiger partial charge on any atom is 0.230 e. The number of hydrogen-bond donors (Lipinski definition) is 1. The van der Waals surface area contributed by atoms with Crippen molar-refractivity contribution in [2.24, 2.45) is 11.8 Å². The number of rotatable bonds is 8. The predicted molar refractivity (Wildman–Crippen MR) is 139 cm³/mol. The summed E-state index contributed by atoms with van der Waals surface area (Å²) < 4.78 is 2.34. The zero-order valence-corrected chi connectivity index (χ0v) is 21.6. The number of aryl methyl sites for hydroxylation is 1. The van der Waals surface area contributed by atoms with Gasteiger partial charge in [0.05, 0.1) is 5.92 Å². The first kappa shape index (κ1) is 24.3. The highest BCUT2D eigenvalue weighted by molar-refractivity contribution is 7.98. The van der Waals surface area contributed by atoms with Gasteiger partial charge < -0.3 is 14.8 Å². The van der Waals surface area contributed by atoms with Gasteiger partial charge in [-0.15, -0.1) is 10.2 Å². The van der Waals surface area contributed by atoms with E-state index in [2.05, 4.69) is 32.4 Å². The molecule has 2 aliphatic carbocycles. The van der Waals surface area contributed by atoms with Crippen molar-refractivity contribution >= 4 is 29.3 Å². The third kappa shape index (κ3) is 5.13. The number of nitrogens with one attached hydrogen (secondary N) is 1. The minimum atomic E-state index is -0.228. The Morgan fingerprint density at radius 3 is 2.57 bits per heavy atom. The molecule has 1 N–H and O–H groups in total. The van der Waals surface area contributed by atoms with Crippen molar-refractivity contribution in [1.29, 1.82) is 0 Å². The first-order valence-corrected chi connectivity index (χ1v) is 14.5. The molecule has 0 radical (unpaired) electrons. The number of carbonyl (C=O) groups is 2. The Balaban J connectivity index is 1.17. The molecule has 0 spiro atoms. The van der Waals surface area contributed by atoms with E-state index in [-0.39, 0.29) is 23.7 Å². The molecule has 7 nitrogen and oxygen atoms in total. The largest absolute Gasteiger partial charge is 0.356 e. The van der Waals surface area contributed by atoms with Gasteiger partial charge in [-0.05, 0) is 56.4 Å². The molecule has 35 heavy (non-hydrogen) atoms. The van der Waals surface area contributed by atoms with Crippen molar-refractivity contribution in [2.45, 2.75) is 81.8 Å². The average molecular weight is 496 g/mol. The van der Waals surface area contributed by atoms with Gasteiger partial charge in [0, 0.05) is 37.2 Å². The Morgan fingerprint density at radius 2 is 1.77 bits per heavy atom. The van der Waals surface area contributed by atoms with Crippen LogP contribution in [0.2, 0.25) is 0 Å². The SMILES string of the molecule is CSc1nnc(CCCNC(=O)C2CCCCC2C(=O)N2CCc3ccccc32)n1C1CCCC1. The molecule has 1 aromatic heterocycles. The van der Waals surface area contributed by atoms with E-state index in [1.54, 1.807) is 11.8 Å². The van der Waals surface area contributed by atoms with Gasteiger partial charge in [0.25, 0.3) is 0 Å². The molecule has 1 aliphatic heterocycles. The summed E-state index contributed by atoms with van der Waals surface area (Å²) in [4.78, 5) is 28.6. The molecule has 8 heteroatoms. The van der Waals surface area contributed by atoms with Crippen LogP contribution in [-0.4, -0.2) is 45.9 Å². The van der Waals surface area contributed by atoms with Crippen LogP contribution in [-0.2, 0) is 22.4 Å². The van der Waals surface area contributed by atoms with Gasteiger partial charge in [-0.2, -0.15) is 0 Å². The minimum absolute atomic E-state index is 0.0394. The lowest BCUT2D eigenvalue weighted by Gasteiger charge is -2.32. The van der Waals surface area contributed by atoms with E-state index >= 15 is 0 Å². The van der Waals surface area contributed by atoms with Gasteiger partial charge in [-0.1, -0.05) is 55.6 Å². The summed E-state index contributed by atoms with van der Waals surface area (Å²) in [6.07, 6.45) is 13.2. The molecule has 2 aromatic rings. The summed E-state index contributed by atoms with van der Waals surface area (Å²) in [6, 6.07) is 8.67. The number of amides is 2. The van der Waals surface area contributed by atoms with Gasteiger partial charge in [0.1, 0.15) is 5.82 Å². The Labute approximate surface area is 212 Å². The summed E-state index contributed by atoms with van der Waals surface area (Å²) in [5.41, 5.74) is 2.26. The Kier molecular flexibility index (Phi) is 7.75. The van der Waals surface area contributed by atoms with Crippen LogP contribution in [0.1, 0.15) is 75.2 Å². The number of thioether (sulfide) groups is 1. The number of hydrogen-bond acceptors (Lipinski definition) is 5. The van der Waals surface area contributed by atoms with Crippen LogP contribution in [0.4, 0.5) is 5.69 Å². The summed E-state index contributed by atoms with van der Waals surface area (Å²) in [6.45, 7) is 1.33. The lowest BCUT2D eigenvalue weighted by molar-refractivity contribution is -0.135. The topological polar surface area (TPSA) is 80.1 Å². The number of nitrogens with zero attached hydrogens (tertiary/aromatic N) is 4. The molecular weight excluding hydrogens is 458 g/mol. The van der Waals surface area contributed by atoms with Gasteiger partial charge in [0.2, 0.25) is 11.8 Å². The molecule has 2 atom stereocenters. The number of fused-ring (bicyclic) bond motifs is 1. The molecule has 2 unspecified atom stereocenters. The van der Waals surface area contributed by atoms with Crippen molar-refractivity contribution < 1.29 is 9.59 Å². The van der Waals surface area contributed by atoms with Crippen LogP contribution in [0.3, 0.4) is 0 Å². The second kappa shape index (κ2) is 11.1. The fourth-order valence-electron chi connectivity index (χ4n) is 6.24. The Hall–Kier alpha value is -2.35. The molecule has 2 heterocycles. The summed E-state index contributed by atoms with van der Waals surface area (Å²) >= 11 is 1.66. The molecule has 2 amide bonds. The highest BCUT2D eigenvalue weighted by atomic mass is 32.2. The van der Waals surface area contributed by atoms with Crippen LogP contribution in [0.25, 0.3) is 0 Å². The Bertz CT molecular complexity index is 1050. The monoisotopic (exact) mass is 495 g/mol. The van der Waals surface area contributed by atoms with Crippen LogP contribution in [0, 0.1) is 11.8 Å². The summed E-state index contributed by atoms with van der Waals surface area (Å²) in [7, 11) is 0. The molecule has 2 fully saturated rings. The van der Waals surface area contributed by atoms with E-state index < -0.39 is 0 Å². The third-order valence-electron chi connectivity index (χ3n) is 8.06. The number of anilines is 1. The highest BCUT2D eigenvalue weighted by Gasteiger charge is 2.39. The third-order valence-corrected chi connectivity index (χ3v) is 8.70. The molecule has 0 saturated heterocycles. The summed E-state index contributed by atoms with van der Waals surface area (Å²) in [5, 5.41) is 13.0. The first-order chi connectivity index (χ1) is 17.2. The smallest absolute Gasteiger partial charge is 0.230 e. The van der Waals surface area contributed by atoms with Crippen LogP contribution >= 0.6 is 11.8 Å². The normalized spacial score (nSPS) is 22.4. The Morgan fingerprint density at radius 1 is 1.03 bits per heavy atom. The number of para-hydroxylation sites is 1. The van der Waals surface area contributed by atoms with E-state index in [0.717, 1.165) is 68.2 Å². The molecule has 3 aliphatic rings. The fraction of sp³-hybridized carbons (Fsp3) is 0.630. The second-order valence-electron chi connectivity index (χ2n) is 10.2. The lowest BCUT2D eigenvalue weighted by atomic mass is 9.77. The van der Waals surface area contributed by atoms with E-state index in [0.29, 0.717) is 12.6 Å². The summed E-state index contributed by atoms with van der Waals surface area (Å²) in [5.74, 6) is 0.759. The van der Waals surface area contributed by atoms with Crippen molar-refractivity contribution in [3.63, 3.8) is 0 Å². The molecule has 0 bridgehead atoms. The predicted octanol–water partition coefficient (Wildman–Crippen LogP) is 4.56. The lowest BCUT2D eigenvalue weighted by Crippen LogP contribution is -2.45. The number of carbonyl (C=O) groups excluding carboxylic acids is 2. The quantitative estimate of drug-likeness (QED) is 0.429. The maximum atomic E-state index is 13.5. The van der Waals surface area contributed by atoms with E-state index in [9.17, 15) is 9.59 Å². The van der Waals surface area contributed by atoms with Crippen molar-refractivity contribution in [3.05, 3.63) is 35.7 Å². The van der Waals surface area contributed by atoms with E-state index in [4.69, 9.17) is 0 Å². The standard InChI is InChI=1S/C27H37N5O2S/c1-35-27-30-29-24(32(27)20-10-3-4-11-20)15-8-17-28-25(33)21-12-5-6-13-22(21)26(34)31-18-16-19-9-2-7-14-23(19)31/h2,7,9,14,20-22H,3-6,8,10-13,15-18H2,1H3,(H,28,33). The van der Waals surface area contributed by atoms with Crippen molar-refractivity contribution in [2.75, 3.05) is 24.2 Å². The van der Waals surface area contributed by atoms with Gasteiger partial charge in [0.15, 0.2) is 5.16 Å². The maximum absolute atomic E-state index is 13.5. The fourth-order valence-corrected chi connectivity index (χ4v) is 6.82. The van der Waals surface area contributed by atoms with Crippen LogP contribution < -0.4 is 10.2 Å². The molecule has 5 rings (SSSR count). The number of benzene rings is 1. The zero-order valence-electron chi connectivity index (χ0n) is 20.7. The second-order valence-corrected chi connectivity index (χ2v) is 10.9. The molecule has 1 aromatic carbocycles.